The van der Waals surface area contributed by atoms with Gasteiger partial charge in [0.2, 0.25) is 0 Å². The van der Waals surface area contributed by atoms with Crippen LogP contribution in [0, 0.1) is 22.2 Å². The maximum atomic E-state index is 13.0. The lowest BCUT2D eigenvalue weighted by Gasteiger charge is -2.37. The van der Waals surface area contributed by atoms with Crippen LogP contribution in [-0.2, 0) is 9.53 Å². The number of carbonyl (C=O) groups excluding carboxylic acids is 1. The molecule has 3 rings (SSSR count). The molecule has 0 unspecified atom stereocenters. The minimum absolute atomic E-state index is 0.0127. The van der Waals surface area contributed by atoms with Crippen LogP contribution >= 0.6 is 0 Å². The number of nitrogens with one attached hydrogen (secondary N) is 1. The number of esters is 1. The van der Waals surface area contributed by atoms with Gasteiger partial charge in [0, 0.05) is 17.2 Å². The van der Waals surface area contributed by atoms with E-state index in [-0.39, 0.29) is 5.57 Å². The van der Waals surface area contributed by atoms with E-state index >= 15 is 0 Å². The smallest absolute Gasteiger partial charge is 0.350 e. The summed E-state index contributed by atoms with van der Waals surface area (Å²) in [5, 5.41) is 17.4. The molecule has 4 heteroatoms. The molecule has 2 aromatic carbocycles. The molecule has 0 spiro atoms. The summed E-state index contributed by atoms with van der Waals surface area (Å²) in [4.78, 5) is 13.0. The van der Waals surface area contributed by atoms with E-state index in [0.717, 1.165) is 22.3 Å². The Morgan fingerprint density at radius 2 is 1.41 bits per heavy atom. The second-order valence-corrected chi connectivity index (χ2v) is 7.72. The predicted octanol–water partition coefficient (Wildman–Crippen LogP) is 4.99. The number of rotatable bonds is 4. The van der Waals surface area contributed by atoms with E-state index in [2.05, 4.69) is 6.07 Å². The van der Waals surface area contributed by atoms with Gasteiger partial charge in [0.05, 0.1) is 0 Å². The number of fused-ring (bicyclic) bond motifs is 3. The third-order valence-electron chi connectivity index (χ3n) is 5.51. The molecule has 0 atom stereocenters. The zero-order valence-electron chi connectivity index (χ0n) is 16.0. The van der Waals surface area contributed by atoms with Gasteiger partial charge in [-0.15, -0.1) is 0 Å². The molecule has 4 nitrogen and oxygen atoms in total. The molecule has 0 saturated carbocycles. The Bertz CT molecular complexity index is 960. The zero-order valence-corrected chi connectivity index (χ0v) is 16.0. The van der Waals surface area contributed by atoms with Crippen LogP contribution in [0.15, 0.2) is 54.1 Å². The van der Waals surface area contributed by atoms with Crippen molar-refractivity contribution < 1.29 is 9.53 Å². The number of ether oxygens (including phenoxy) is 1. The number of nitrogens with zero attached hydrogens (tertiary/aromatic N) is 1. The van der Waals surface area contributed by atoms with Crippen molar-refractivity contribution in [2.45, 2.75) is 33.3 Å². The van der Waals surface area contributed by atoms with Crippen molar-refractivity contribution in [2.75, 3.05) is 0 Å². The molecule has 0 heterocycles. The fourth-order valence-corrected chi connectivity index (χ4v) is 3.08. The maximum absolute atomic E-state index is 13.0. The molecule has 0 radical (unpaired) electrons. The number of nitriles is 1. The van der Waals surface area contributed by atoms with E-state index in [1.54, 1.807) is 13.8 Å². The zero-order chi connectivity index (χ0) is 19.8. The van der Waals surface area contributed by atoms with Crippen LogP contribution in [0.3, 0.4) is 0 Å². The quantitative estimate of drug-likeness (QED) is 0.309. The van der Waals surface area contributed by atoms with Gasteiger partial charge in [0.1, 0.15) is 17.2 Å². The van der Waals surface area contributed by atoms with Gasteiger partial charge in [-0.2, -0.15) is 5.26 Å². The summed E-state index contributed by atoms with van der Waals surface area (Å²) in [5.74, 6) is -0.668. The van der Waals surface area contributed by atoms with Gasteiger partial charge < -0.3 is 10.1 Å². The number of carbonyl (C=O) groups is 1. The van der Waals surface area contributed by atoms with Gasteiger partial charge in [-0.25, -0.2) is 4.79 Å². The molecule has 0 amide bonds. The summed E-state index contributed by atoms with van der Waals surface area (Å²) >= 11 is 0. The van der Waals surface area contributed by atoms with E-state index in [1.807, 2.05) is 62.4 Å². The molecule has 27 heavy (non-hydrogen) atoms. The third-order valence-corrected chi connectivity index (χ3v) is 5.51. The number of hydrogen-bond donors (Lipinski definition) is 1. The van der Waals surface area contributed by atoms with E-state index in [9.17, 15) is 10.1 Å². The van der Waals surface area contributed by atoms with Crippen LogP contribution in [0.2, 0.25) is 0 Å². The van der Waals surface area contributed by atoms with Crippen molar-refractivity contribution in [2.24, 2.45) is 5.41 Å². The second kappa shape index (κ2) is 6.51. The van der Waals surface area contributed by atoms with Gasteiger partial charge in [0.15, 0.2) is 0 Å². The van der Waals surface area contributed by atoms with Gasteiger partial charge in [-0.3, -0.25) is 0 Å². The molecule has 2 aromatic rings. The third kappa shape index (κ3) is 2.96. The minimum atomic E-state index is -0.938. The largest absolute Gasteiger partial charge is 0.455 e. The Hall–Kier alpha value is -3.19. The lowest BCUT2D eigenvalue weighted by molar-refractivity contribution is -0.157. The average Bonchev–Trinajstić information content (AvgIpc) is 2.97. The molecule has 1 aliphatic rings. The Labute approximate surface area is 159 Å². The van der Waals surface area contributed by atoms with Crippen molar-refractivity contribution in [3.63, 3.8) is 0 Å². The summed E-state index contributed by atoms with van der Waals surface area (Å²) in [5.41, 5.74) is 2.71. The first-order valence-electron chi connectivity index (χ1n) is 8.82. The maximum Gasteiger partial charge on any atom is 0.350 e. The molecular weight excluding hydrogens is 336 g/mol. The van der Waals surface area contributed by atoms with Gasteiger partial charge in [0.25, 0.3) is 0 Å². The van der Waals surface area contributed by atoms with Crippen molar-refractivity contribution in [3.8, 4) is 17.2 Å². The fourth-order valence-electron chi connectivity index (χ4n) is 3.08. The van der Waals surface area contributed by atoms with E-state index < -0.39 is 17.0 Å². The minimum Gasteiger partial charge on any atom is -0.455 e. The normalized spacial score (nSPS) is 12.6. The number of hydrogen-bond acceptors (Lipinski definition) is 4. The summed E-state index contributed by atoms with van der Waals surface area (Å²) in [6.07, 6.45) is 1.26. The lowest BCUT2D eigenvalue weighted by Crippen LogP contribution is -2.44. The Morgan fingerprint density at radius 3 is 1.81 bits per heavy atom. The molecule has 1 N–H and O–H groups in total. The second-order valence-electron chi connectivity index (χ2n) is 7.72. The lowest BCUT2D eigenvalue weighted by atomic mass is 9.78. The summed E-state index contributed by atoms with van der Waals surface area (Å²) in [7, 11) is 0. The van der Waals surface area contributed by atoms with E-state index in [1.165, 1.54) is 6.21 Å². The molecule has 0 bridgehead atoms. The van der Waals surface area contributed by atoms with Crippen LogP contribution in [0.1, 0.15) is 38.8 Å². The molecule has 0 fully saturated rings. The number of benzene rings is 2. The SMILES string of the molecule is CC(C)(C=N)C(C)(C)OC(=O)C(C#N)=C1c2ccccc2-c2ccccc21. The van der Waals surface area contributed by atoms with Crippen LogP contribution < -0.4 is 0 Å². The molecule has 0 aromatic heterocycles. The Morgan fingerprint density at radius 1 is 0.963 bits per heavy atom. The van der Waals surface area contributed by atoms with Gasteiger partial charge in [-0.1, -0.05) is 62.4 Å². The fraction of sp³-hybridized carbons (Fsp3) is 0.261. The van der Waals surface area contributed by atoms with Crippen molar-refractivity contribution >= 4 is 17.8 Å². The first-order chi connectivity index (χ1) is 12.7. The van der Waals surface area contributed by atoms with Crippen LogP contribution in [-0.4, -0.2) is 17.8 Å². The van der Waals surface area contributed by atoms with Crippen LogP contribution in [0.5, 0.6) is 0 Å². The molecule has 1 aliphatic carbocycles. The highest BCUT2D eigenvalue weighted by Crippen LogP contribution is 2.45. The topological polar surface area (TPSA) is 73.9 Å². The first kappa shape index (κ1) is 18.6. The molecular formula is C23H22N2O2. The Kier molecular flexibility index (Phi) is 4.49. The van der Waals surface area contributed by atoms with Crippen molar-refractivity contribution in [1.29, 1.82) is 10.7 Å². The highest BCUT2D eigenvalue weighted by molar-refractivity contribution is 6.12. The van der Waals surface area contributed by atoms with Gasteiger partial charge in [-0.05, 0) is 36.1 Å². The molecule has 0 aliphatic heterocycles. The highest BCUT2D eigenvalue weighted by Gasteiger charge is 2.40. The standard InChI is InChI=1S/C23H22N2O2/c1-22(2,14-25)23(3,4)27-21(26)19(13-24)20-17-11-7-5-9-15(17)16-10-6-8-12-18(16)20/h5-12,14,25H,1-4H3. The Balaban J connectivity index is 2.15. The van der Waals surface area contributed by atoms with Gasteiger partial charge >= 0.3 is 5.97 Å². The highest BCUT2D eigenvalue weighted by atomic mass is 16.6. The van der Waals surface area contributed by atoms with E-state index in [0.29, 0.717) is 5.57 Å². The van der Waals surface area contributed by atoms with Crippen molar-refractivity contribution in [1.82, 2.24) is 0 Å². The van der Waals surface area contributed by atoms with E-state index in [4.69, 9.17) is 10.1 Å². The average molecular weight is 358 g/mol. The monoisotopic (exact) mass is 358 g/mol. The summed E-state index contributed by atoms with van der Waals surface area (Å²) < 4.78 is 5.72. The summed E-state index contributed by atoms with van der Waals surface area (Å²) in [6.45, 7) is 7.16. The molecule has 136 valence electrons. The van der Waals surface area contributed by atoms with Crippen LogP contribution in [0.25, 0.3) is 16.7 Å². The predicted molar refractivity (Wildman–Crippen MR) is 106 cm³/mol. The van der Waals surface area contributed by atoms with Crippen molar-refractivity contribution in [3.05, 3.63) is 65.2 Å². The van der Waals surface area contributed by atoms with Crippen LogP contribution in [0.4, 0.5) is 0 Å². The first-order valence-corrected chi connectivity index (χ1v) is 8.82. The summed E-state index contributed by atoms with van der Waals surface area (Å²) in [6, 6.07) is 17.6. The molecule has 0 saturated heterocycles.